The van der Waals surface area contributed by atoms with E-state index in [2.05, 4.69) is 0 Å². The molecule has 4 rings (SSSR count). The Balaban J connectivity index is 0.00000324. The van der Waals surface area contributed by atoms with Gasteiger partial charge in [-0.25, -0.2) is 8.78 Å². The normalized spacial score (nSPS) is 19.9. The Morgan fingerprint density at radius 2 is 1.62 bits per heavy atom. The van der Waals surface area contributed by atoms with E-state index < -0.39 is 17.7 Å². The van der Waals surface area contributed by atoms with E-state index in [1.165, 1.54) is 35.6 Å². The Labute approximate surface area is 212 Å². The van der Waals surface area contributed by atoms with Gasteiger partial charge in [0.1, 0.15) is 18.2 Å². The Bertz CT molecular complexity index is 1090. The van der Waals surface area contributed by atoms with Gasteiger partial charge in [0, 0.05) is 23.8 Å². The van der Waals surface area contributed by atoms with E-state index in [0.717, 1.165) is 5.56 Å². The van der Waals surface area contributed by atoms with Crippen LogP contribution in [0.4, 0.5) is 8.78 Å². The first-order valence-electron chi connectivity index (χ1n) is 10.9. The number of carbonyl (C=O) groups is 2. The van der Waals surface area contributed by atoms with E-state index in [-0.39, 0.29) is 34.7 Å². The molecule has 0 unspecified atom stereocenters. The molecule has 0 radical (unpaired) electrons. The van der Waals surface area contributed by atoms with Crippen LogP contribution >= 0.6 is 11.3 Å². The lowest BCUT2D eigenvalue weighted by atomic mass is 9.94. The fourth-order valence-corrected chi connectivity index (χ4v) is 4.99. The predicted octanol–water partition coefficient (Wildman–Crippen LogP) is 2.40. The van der Waals surface area contributed by atoms with Crippen LogP contribution in [0.15, 0.2) is 65.4 Å². The molecule has 0 amide bonds. The van der Waals surface area contributed by atoms with Crippen molar-refractivity contribution in [2.24, 2.45) is 5.92 Å². The number of benzene rings is 2. The highest BCUT2D eigenvalue weighted by atomic mass is 79.9. The molecule has 4 nitrogen and oxygen atoms in total. The molecule has 1 fully saturated rings. The summed E-state index contributed by atoms with van der Waals surface area (Å²) in [5.41, 5.74) is 1.63. The maximum absolute atomic E-state index is 13.9. The van der Waals surface area contributed by atoms with Crippen LogP contribution in [0.1, 0.15) is 40.4 Å². The van der Waals surface area contributed by atoms with Crippen LogP contribution in [0.3, 0.4) is 0 Å². The quantitative estimate of drug-likeness (QED) is 0.258. The molecule has 1 aliphatic heterocycles. The Hall–Kier alpha value is -2.42. The first-order chi connectivity index (χ1) is 15.8. The lowest BCUT2D eigenvalue weighted by Crippen LogP contribution is -3.00. The minimum absolute atomic E-state index is 0. The molecule has 0 bridgehead atoms. The lowest BCUT2D eigenvalue weighted by molar-refractivity contribution is -0.906. The number of ketones is 1. The zero-order chi connectivity index (χ0) is 23.4. The lowest BCUT2D eigenvalue weighted by Gasteiger charge is -2.39. The average Bonchev–Trinajstić information content (AvgIpc) is 3.33. The van der Waals surface area contributed by atoms with Gasteiger partial charge < -0.3 is 26.2 Å². The van der Waals surface area contributed by atoms with Crippen molar-refractivity contribution in [1.82, 2.24) is 0 Å². The van der Waals surface area contributed by atoms with Gasteiger partial charge in [0.15, 0.2) is 6.10 Å². The first-order valence-corrected chi connectivity index (χ1v) is 11.9. The summed E-state index contributed by atoms with van der Waals surface area (Å²) in [5.74, 6) is -1.50. The van der Waals surface area contributed by atoms with Crippen LogP contribution in [0, 0.1) is 17.6 Å². The summed E-state index contributed by atoms with van der Waals surface area (Å²) in [6.45, 7) is 1.76. The number of hydrogen-bond acceptors (Lipinski definition) is 4. The number of thiophene rings is 1. The van der Waals surface area contributed by atoms with Crippen molar-refractivity contribution in [1.29, 1.82) is 0 Å². The van der Waals surface area contributed by atoms with Gasteiger partial charge in [0.05, 0.1) is 26.1 Å². The highest BCUT2D eigenvalue weighted by Gasteiger charge is 2.37. The number of likely N-dealkylation sites (tertiary alicyclic amines) is 1. The highest BCUT2D eigenvalue weighted by Crippen LogP contribution is 2.31. The van der Waals surface area contributed by atoms with Crippen molar-refractivity contribution in [3.05, 3.63) is 93.7 Å². The monoisotopic (exact) mass is 549 g/mol. The zero-order valence-electron chi connectivity index (χ0n) is 18.8. The molecule has 0 N–H and O–H groups in total. The minimum atomic E-state index is -0.896. The molecule has 0 saturated carbocycles. The van der Waals surface area contributed by atoms with Crippen molar-refractivity contribution in [2.45, 2.75) is 18.9 Å². The largest absolute Gasteiger partial charge is 1.00 e. The Morgan fingerprint density at radius 3 is 2.12 bits per heavy atom. The molecule has 2 aromatic carbocycles. The summed E-state index contributed by atoms with van der Waals surface area (Å²) in [5, 5.41) is 3.75. The standard InChI is InChI=1S/C26H26F2NO3S.BrH/c1-29(16-24(30)21-10-13-33-17-21)11-8-18(9-12-29)26(31)32-25(19-4-2-6-22(27)14-19)20-5-3-7-23(28)15-20;/h2-7,10,13-15,17-18,25H,8-9,11-12,16H2,1H3;1H/q+1;/p-1. The van der Waals surface area contributed by atoms with E-state index in [0.29, 0.717) is 48.1 Å². The van der Waals surface area contributed by atoms with Gasteiger partial charge in [0.25, 0.3) is 0 Å². The third-order valence-corrected chi connectivity index (χ3v) is 6.96. The van der Waals surface area contributed by atoms with Gasteiger partial charge in [-0.1, -0.05) is 24.3 Å². The SMILES string of the molecule is C[N+]1(CC(=O)c2ccsc2)CCC(C(=O)OC(c2cccc(F)c2)c2cccc(F)c2)CC1.[Br-]. The number of carbonyl (C=O) groups excluding carboxylic acids is 2. The molecule has 34 heavy (non-hydrogen) atoms. The molecule has 1 aromatic heterocycles. The number of nitrogens with zero attached hydrogens (tertiary/aromatic N) is 1. The van der Waals surface area contributed by atoms with Crippen molar-refractivity contribution in [3.8, 4) is 0 Å². The third-order valence-electron chi connectivity index (χ3n) is 6.27. The molecular formula is C26H26BrF2NO3S. The van der Waals surface area contributed by atoms with Crippen molar-refractivity contribution in [3.63, 3.8) is 0 Å². The summed E-state index contributed by atoms with van der Waals surface area (Å²) < 4.78 is 34.1. The van der Waals surface area contributed by atoms with Crippen LogP contribution in [0.25, 0.3) is 0 Å². The fraction of sp³-hybridized carbons (Fsp3) is 0.308. The molecule has 1 aliphatic rings. The van der Waals surface area contributed by atoms with E-state index in [1.807, 2.05) is 23.9 Å². The second kappa shape index (κ2) is 11.3. The third kappa shape index (κ3) is 6.37. The molecule has 0 aliphatic carbocycles. The maximum atomic E-state index is 13.9. The van der Waals surface area contributed by atoms with Gasteiger partial charge in [-0.15, -0.1) is 0 Å². The number of halogens is 3. The second-order valence-corrected chi connectivity index (χ2v) is 9.64. The van der Waals surface area contributed by atoms with Crippen LogP contribution in [0.5, 0.6) is 0 Å². The van der Waals surface area contributed by atoms with Crippen molar-refractivity contribution >= 4 is 23.1 Å². The van der Waals surface area contributed by atoms with Crippen molar-refractivity contribution in [2.75, 3.05) is 26.7 Å². The van der Waals surface area contributed by atoms with Crippen LogP contribution in [-0.2, 0) is 9.53 Å². The topological polar surface area (TPSA) is 43.4 Å². The maximum Gasteiger partial charge on any atom is 0.310 e. The second-order valence-electron chi connectivity index (χ2n) is 8.86. The summed E-state index contributed by atoms with van der Waals surface area (Å²) in [6, 6.07) is 13.5. The van der Waals surface area contributed by atoms with Gasteiger partial charge in [-0.2, -0.15) is 11.3 Å². The number of hydrogen-bond donors (Lipinski definition) is 0. The number of likely N-dealkylation sites (N-methyl/N-ethyl adjacent to an activating group) is 1. The number of ether oxygens (including phenoxy) is 1. The van der Waals surface area contributed by atoms with Crippen molar-refractivity contribution < 1.29 is 44.6 Å². The van der Waals surface area contributed by atoms with E-state index in [4.69, 9.17) is 4.74 Å². The minimum Gasteiger partial charge on any atom is -1.00 e. The van der Waals surface area contributed by atoms with Crippen LogP contribution in [-0.4, -0.2) is 42.9 Å². The van der Waals surface area contributed by atoms with Gasteiger partial charge in [0.2, 0.25) is 5.78 Å². The Kier molecular flexibility index (Phi) is 8.73. The fourth-order valence-electron chi connectivity index (χ4n) is 4.33. The molecule has 0 atom stereocenters. The van der Waals surface area contributed by atoms with Gasteiger partial charge in [-0.05, 0) is 46.8 Å². The molecule has 0 spiro atoms. The molecule has 1 saturated heterocycles. The molecule has 8 heteroatoms. The molecular weight excluding hydrogens is 524 g/mol. The van der Waals surface area contributed by atoms with Gasteiger partial charge in [-0.3, -0.25) is 9.59 Å². The number of Topliss-reactive ketones (excluding diaryl/α,β-unsaturated/α-hetero) is 1. The predicted molar refractivity (Wildman–Crippen MR) is 123 cm³/mol. The van der Waals surface area contributed by atoms with Crippen LogP contribution < -0.4 is 17.0 Å². The summed E-state index contributed by atoms with van der Waals surface area (Å²) in [4.78, 5) is 25.6. The molecule has 180 valence electrons. The number of esters is 1. The summed E-state index contributed by atoms with van der Waals surface area (Å²) in [6.07, 6.45) is 0.281. The zero-order valence-corrected chi connectivity index (χ0v) is 21.2. The number of piperidine rings is 1. The van der Waals surface area contributed by atoms with E-state index >= 15 is 0 Å². The summed E-state index contributed by atoms with van der Waals surface area (Å²) >= 11 is 1.50. The highest BCUT2D eigenvalue weighted by molar-refractivity contribution is 7.08. The van der Waals surface area contributed by atoms with E-state index in [1.54, 1.807) is 24.3 Å². The molecule has 2 heterocycles. The number of quaternary nitrogens is 1. The molecule has 3 aromatic rings. The smallest absolute Gasteiger partial charge is 0.310 e. The van der Waals surface area contributed by atoms with E-state index in [9.17, 15) is 18.4 Å². The van der Waals surface area contributed by atoms with Crippen LogP contribution in [0.2, 0.25) is 0 Å². The number of rotatable bonds is 7. The summed E-state index contributed by atoms with van der Waals surface area (Å²) in [7, 11) is 2.04. The average molecular weight is 550 g/mol. The Morgan fingerprint density at radius 1 is 1.03 bits per heavy atom. The van der Waals surface area contributed by atoms with Gasteiger partial charge >= 0.3 is 5.97 Å². The first kappa shape index (κ1) is 26.2.